The maximum atomic E-state index is 11.7. The molecule has 22 heavy (non-hydrogen) atoms. The molecule has 2 amide bonds. The largest absolute Gasteiger partial charge is 0.347 e. The number of carbonyl (C=O) groups excluding carboxylic acids is 2. The molecule has 5 heteroatoms. The van der Waals surface area contributed by atoms with Crippen LogP contribution in [-0.4, -0.2) is 23.3 Å². The summed E-state index contributed by atoms with van der Waals surface area (Å²) < 4.78 is 0. The molecule has 0 aliphatic rings. The SMILES string of the molecule is Cc1ccc(CNC(=O)C(=O)NCCc2ccccn2)cc1. The maximum absolute atomic E-state index is 11.7. The summed E-state index contributed by atoms with van der Waals surface area (Å²) in [5, 5.41) is 5.19. The van der Waals surface area contributed by atoms with Gasteiger partial charge in [0.15, 0.2) is 0 Å². The lowest BCUT2D eigenvalue weighted by Gasteiger charge is -2.07. The summed E-state index contributed by atoms with van der Waals surface area (Å²) in [6.45, 7) is 2.72. The maximum Gasteiger partial charge on any atom is 0.309 e. The van der Waals surface area contributed by atoms with E-state index in [1.807, 2.05) is 49.4 Å². The minimum absolute atomic E-state index is 0.340. The standard InChI is InChI=1S/C17H19N3O2/c1-13-5-7-14(8-6-13)12-20-17(22)16(21)19-11-9-15-4-2-3-10-18-15/h2-8,10H,9,11-12H2,1H3,(H,19,21)(H,20,22). The first-order valence-electron chi connectivity index (χ1n) is 7.16. The van der Waals surface area contributed by atoms with Gasteiger partial charge >= 0.3 is 11.8 Å². The Kier molecular flexibility index (Phi) is 5.65. The lowest BCUT2D eigenvalue weighted by molar-refractivity contribution is -0.139. The molecule has 0 aliphatic carbocycles. The molecular formula is C17H19N3O2. The van der Waals surface area contributed by atoms with Crippen molar-refractivity contribution in [3.63, 3.8) is 0 Å². The molecular weight excluding hydrogens is 278 g/mol. The fourth-order valence-corrected chi connectivity index (χ4v) is 1.90. The summed E-state index contributed by atoms with van der Waals surface area (Å²) >= 11 is 0. The van der Waals surface area contributed by atoms with Crippen LogP contribution in [-0.2, 0) is 22.6 Å². The zero-order valence-electron chi connectivity index (χ0n) is 12.5. The number of carbonyl (C=O) groups is 2. The third-order valence-corrected chi connectivity index (χ3v) is 3.17. The van der Waals surface area contributed by atoms with Crippen LogP contribution in [0.1, 0.15) is 16.8 Å². The number of amides is 2. The number of rotatable bonds is 5. The molecule has 2 aromatic rings. The highest BCUT2D eigenvalue weighted by atomic mass is 16.2. The monoisotopic (exact) mass is 297 g/mol. The number of hydrogen-bond donors (Lipinski definition) is 2. The fraction of sp³-hybridized carbons (Fsp3) is 0.235. The minimum Gasteiger partial charge on any atom is -0.347 e. The van der Waals surface area contributed by atoms with Crippen molar-refractivity contribution >= 4 is 11.8 Å². The van der Waals surface area contributed by atoms with Gasteiger partial charge in [-0.2, -0.15) is 0 Å². The van der Waals surface area contributed by atoms with Gasteiger partial charge in [-0.1, -0.05) is 35.9 Å². The van der Waals surface area contributed by atoms with Crippen molar-refractivity contribution in [1.29, 1.82) is 0 Å². The Balaban J connectivity index is 1.70. The van der Waals surface area contributed by atoms with E-state index >= 15 is 0 Å². The lowest BCUT2D eigenvalue weighted by atomic mass is 10.1. The number of pyridine rings is 1. The van der Waals surface area contributed by atoms with Crippen LogP contribution >= 0.6 is 0 Å². The smallest absolute Gasteiger partial charge is 0.309 e. The van der Waals surface area contributed by atoms with E-state index in [2.05, 4.69) is 15.6 Å². The number of benzene rings is 1. The predicted molar refractivity (Wildman–Crippen MR) is 84.0 cm³/mol. The van der Waals surface area contributed by atoms with Crippen LogP contribution in [0, 0.1) is 6.92 Å². The second-order valence-corrected chi connectivity index (χ2v) is 5.00. The molecule has 0 radical (unpaired) electrons. The first-order chi connectivity index (χ1) is 10.6. The van der Waals surface area contributed by atoms with Crippen LogP contribution in [0.2, 0.25) is 0 Å². The zero-order chi connectivity index (χ0) is 15.8. The van der Waals surface area contributed by atoms with Crippen LogP contribution in [0.15, 0.2) is 48.7 Å². The second-order valence-electron chi connectivity index (χ2n) is 5.00. The van der Waals surface area contributed by atoms with E-state index in [0.717, 1.165) is 16.8 Å². The molecule has 2 rings (SSSR count). The first-order valence-corrected chi connectivity index (χ1v) is 7.16. The fourth-order valence-electron chi connectivity index (χ4n) is 1.90. The van der Waals surface area contributed by atoms with Crippen molar-refractivity contribution < 1.29 is 9.59 Å². The summed E-state index contributed by atoms with van der Waals surface area (Å²) in [7, 11) is 0. The Hall–Kier alpha value is -2.69. The molecule has 0 atom stereocenters. The van der Waals surface area contributed by atoms with E-state index in [-0.39, 0.29) is 0 Å². The second kappa shape index (κ2) is 7.93. The Morgan fingerprint density at radius 3 is 2.41 bits per heavy atom. The van der Waals surface area contributed by atoms with Gasteiger partial charge in [0.05, 0.1) is 0 Å². The number of aryl methyl sites for hydroxylation is 1. The van der Waals surface area contributed by atoms with Crippen LogP contribution in [0.4, 0.5) is 0 Å². The Morgan fingerprint density at radius 1 is 1.00 bits per heavy atom. The van der Waals surface area contributed by atoms with Gasteiger partial charge in [-0.15, -0.1) is 0 Å². The molecule has 0 saturated heterocycles. The van der Waals surface area contributed by atoms with Crippen molar-refractivity contribution in [3.05, 3.63) is 65.5 Å². The molecule has 0 saturated carbocycles. The molecule has 0 fully saturated rings. The topological polar surface area (TPSA) is 71.1 Å². The highest BCUT2D eigenvalue weighted by molar-refractivity contribution is 6.35. The third kappa shape index (κ3) is 5.01. The van der Waals surface area contributed by atoms with E-state index in [9.17, 15) is 9.59 Å². The van der Waals surface area contributed by atoms with Crippen LogP contribution < -0.4 is 10.6 Å². The molecule has 0 spiro atoms. The highest BCUT2D eigenvalue weighted by Crippen LogP contribution is 2.02. The van der Waals surface area contributed by atoms with Crippen molar-refractivity contribution in [1.82, 2.24) is 15.6 Å². The van der Waals surface area contributed by atoms with Crippen LogP contribution in [0.5, 0.6) is 0 Å². The van der Waals surface area contributed by atoms with Gasteiger partial charge in [0.1, 0.15) is 0 Å². The van der Waals surface area contributed by atoms with Gasteiger partial charge in [-0.3, -0.25) is 14.6 Å². The molecule has 0 bridgehead atoms. The van der Waals surface area contributed by atoms with E-state index in [4.69, 9.17) is 0 Å². The minimum atomic E-state index is -0.624. The van der Waals surface area contributed by atoms with Crippen molar-refractivity contribution in [2.24, 2.45) is 0 Å². The number of hydrogen-bond acceptors (Lipinski definition) is 3. The van der Waals surface area contributed by atoms with Gasteiger partial charge in [-0.05, 0) is 24.6 Å². The Bertz CT molecular complexity index is 624. The summed E-state index contributed by atoms with van der Waals surface area (Å²) in [6, 6.07) is 13.4. The predicted octanol–water partition coefficient (Wildman–Crippen LogP) is 1.37. The van der Waals surface area contributed by atoms with E-state index in [1.54, 1.807) is 6.20 Å². The van der Waals surface area contributed by atoms with Gasteiger partial charge < -0.3 is 10.6 Å². The average Bonchev–Trinajstić information content (AvgIpc) is 2.55. The molecule has 114 valence electrons. The molecule has 1 heterocycles. The van der Waals surface area contributed by atoms with Gasteiger partial charge in [-0.25, -0.2) is 0 Å². The third-order valence-electron chi connectivity index (χ3n) is 3.17. The molecule has 5 nitrogen and oxygen atoms in total. The Morgan fingerprint density at radius 2 is 1.73 bits per heavy atom. The van der Waals surface area contributed by atoms with Gasteiger partial charge in [0.2, 0.25) is 0 Å². The molecule has 0 unspecified atom stereocenters. The van der Waals surface area contributed by atoms with Crippen molar-refractivity contribution in [2.75, 3.05) is 6.54 Å². The lowest BCUT2D eigenvalue weighted by Crippen LogP contribution is -2.40. The quantitative estimate of drug-likeness (QED) is 0.819. The first kappa shape index (κ1) is 15.7. The van der Waals surface area contributed by atoms with Gasteiger partial charge in [0, 0.05) is 31.4 Å². The summed E-state index contributed by atoms with van der Waals surface area (Å²) in [6.07, 6.45) is 2.29. The van der Waals surface area contributed by atoms with E-state index in [0.29, 0.717) is 19.5 Å². The summed E-state index contributed by atoms with van der Waals surface area (Å²) in [4.78, 5) is 27.5. The number of aromatic nitrogens is 1. The number of nitrogens with zero attached hydrogens (tertiary/aromatic N) is 1. The van der Waals surface area contributed by atoms with Crippen LogP contribution in [0.25, 0.3) is 0 Å². The van der Waals surface area contributed by atoms with E-state index < -0.39 is 11.8 Å². The van der Waals surface area contributed by atoms with Crippen molar-refractivity contribution in [3.8, 4) is 0 Å². The number of nitrogens with one attached hydrogen (secondary N) is 2. The summed E-state index contributed by atoms with van der Waals surface area (Å²) in [5.74, 6) is -1.25. The molecule has 0 aliphatic heterocycles. The normalized spacial score (nSPS) is 10.0. The summed E-state index contributed by atoms with van der Waals surface area (Å²) in [5.41, 5.74) is 2.99. The zero-order valence-corrected chi connectivity index (χ0v) is 12.5. The van der Waals surface area contributed by atoms with Gasteiger partial charge in [0.25, 0.3) is 0 Å². The molecule has 1 aromatic carbocycles. The van der Waals surface area contributed by atoms with E-state index in [1.165, 1.54) is 0 Å². The van der Waals surface area contributed by atoms with Crippen LogP contribution in [0.3, 0.4) is 0 Å². The molecule has 1 aromatic heterocycles. The average molecular weight is 297 g/mol. The molecule has 2 N–H and O–H groups in total. The highest BCUT2D eigenvalue weighted by Gasteiger charge is 2.12. The Labute approximate surface area is 129 Å². The van der Waals surface area contributed by atoms with Crippen molar-refractivity contribution in [2.45, 2.75) is 19.9 Å².